The fraction of sp³-hybridized carbons (Fsp3) is 0.909. The van der Waals surface area contributed by atoms with Crippen molar-refractivity contribution in [1.82, 2.24) is 4.90 Å². The van der Waals surface area contributed by atoms with Crippen LogP contribution < -0.4 is 0 Å². The second-order valence-corrected chi connectivity index (χ2v) is 4.06. The van der Waals surface area contributed by atoms with Gasteiger partial charge in [-0.3, -0.25) is 9.69 Å². The first kappa shape index (κ1) is 12.5. The zero-order valence-electron chi connectivity index (χ0n) is 9.61. The highest BCUT2D eigenvalue weighted by Gasteiger charge is 2.25. The van der Waals surface area contributed by atoms with Gasteiger partial charge in [-0.25, -0.2) is 0 Å². The lowest BCUT2D eigenvalue weighted by Gasteiger charge is -2.37. The van der Waals surface area contributed by atoms with Gasteiger partial charge >= 0.3 is 5.97 Å². The number of hydrogen-bond acceptors (Lipinski definition) is 3. The molecular formula is C11H21NO3. The number of aliphatic carboxylic acids is 1. The summed E-state index contributed by atoms with van der Waals surface area (Å²) in [4.78, 5) is 13.0. The van der Waals surface area contributed by atoms with E-state index in [4.69, 9.17) is 9.84 Å². The van der Waals surface area contributed by atoms with Crippen molar-refractivity contribution in [2.75, 3.05) is 19.7 Å². The number of rotatable bonds is 5. The van der Waals surface area contributed by atoms with Gasteiger partial charge in [0, 0.05) is 19.1 Å². The number of carbonyl (C=O) groups is 1. The largest absolute Gasteiger partial charge is 0.481 e. The molecule has 1 rings (SSSR count). The zero-order chi connectivity index (χ0) is 11.3. The van der Waals surface area contributed by atoms with Crippen LogP contribution in [0.25, 0.3) is 0 Å². The molecule has 1 N–H and O–H groups in total. The molecule has 0 aromatic rings. The Labute approximate surface area is 91.2 Å². The summed E-state index contributed by atoms with van der Waals surface area (Å²) in [6.07, 6.45) is 2.41. The highest BCUT2D eigenvalue weighted by atomic mass is 16.5. The van der Waals surface area contributed by atoms with E-state index in [9.17, 15) is 4.79 Å². The third kappa shape index (κ3) is 3.80. The maximum atomic E-state index is 10.7. The minimum atomic E-state index is -0.707. The number of ether oxygens (including phenoxy) is 1. The van der Waals surface area contributed by atoms with Crippen molar-refractivity contribution in [3.05, 3.63) is 0 Å². The van der Waals surface area contributed by atoms with Crippen molar-refractivity contribution in [3.8, 4) is 0 Å². The molecule has 0 bridgehead atoms. The van der Waals surface area contributed by atoms with Crippen LogP contribution in [0.1, 0.15) is 33.1 Å². The van der Waals surface area contributed by atoms with Gasteiger partial charge in [0.15, 0.2) is 0 Å². The van der Waals surface area contributed by atoms with Crippen molar-refractivity contribution in [3.63, 3.8) is 0 Å². The topological polar surface area (TPSA) is 49.8 Å². The predicted octanol–water partition coefficient (Wildman–Crippen LogP) is 1.35. The second-order valence-electron chi connectivity index (χ2n) is 4.06. The first-order chi connectivity index (χ1) is 7.17. The predicted molar refractivity (Wildman–Crippen MR) is 57.9 cm³/mol. The van der Waals surface area contributed by atoms with Crippen molar-refractivity contribution in [1.29, 1.82) is 0 Å². The maximum absolute atomic E-state index is 10.7. The van der Waals surface area contributed by atoms with E-state index >= 15 is 0 Å². The van der Waals surface area contributed by atoms with E-state index in [0.29, 0.717) is 0 Å². The van der Waals surface area contributed by atoms with Crippen LogP contribution in [-0.4, -0.2) is 47.8 Å². The van der Waals surface area contributed by atoms with E-state index in [2.05, 4.69) is 11.8 Å². The van der Waals surface area contributed by atoms with Crippen LogP contribution in [0.15, 0.2) is 0 Å². The lowest BCUT2D eigenvalue weighted by atomic mass is 10.1. The van der Waals surface area contributed by atoms with Crippen LogP contribution in [0.2, 0.25) is 0 Å². The van der Waals surface area contributed by atoms with E-state index in [-0.39, 0.29) is 18.6 Å². The minimum Gasteiger partial charge on any atom is -0.481 e. The Balaban J connectivity index is 2.47. The fourth-order valence-electron chi connectivity index (χ4n) is 2.05. The maximum Gasteiger partial charge on any atom is 0.304 e. The van der Waals surface area contributed by atoms with Gasteiger partial charge in [0.25, 0.3) is 0 Å². The summed E-state index contributed by atoms with van der Waals surface area (Å²) in [7, 11) is 0. The van der Waals surface area contributed by atoms with Crippen molar-refractivity contribution >= 4 is 5.97 Å². The summed E-state index contributed by atoms with van der Waals surface area (Å²) in [6, 6.07) is 0.167. The molecule has 1 aliphatic rings. The molecule has 4 heteroatoms. The van der Waals surface area contributed by atoms with E-state index in [0.717, 1.165) is 32.5 Å². The lowest BCUT2D eigenvalue weighted by molar-refractivity contribution is -0.139. The quantitative estimate of drug-likeness (QED) is 0.752. The highest BCUT2D eigenvalue weighted by Crippen LogP contribution is 2.15. The average Bonchev–Trinajstić information content (AvgIpc) is 2.25. The summed E-state index contributed by atoms with van der Waals surface area (Å²) in [5.74, 6) is -0.707. The number of carboxylic acids is 1. The van der Waals surface area contributed by atoms with Gasteiger partial charge < -0.3 is 9.84 Å². The molecule has 1 aliphatic heterocycles. The van der Waals surface area contributed by atoms with Gasteiger partial charge in [-0.15, -0.1) is 0 Å². The van der Waals surface area contributed by atoms with Crippen LogP contribution in [-0.2, 0) is 9.53 Å². The Kier molecular flexibility index (Phi) is 5.05. The molecule has 15 heavy (non-hydrogen) atoms. The molecule has 1 fully saturated rings. The molecular weight excluding hydrogens is 194 g/mol. The number of hydrogen-bond donors (Lipinski definition) is 1. The molecule has 0 amide bonds. The molecule has 4 nitrogen and oxygen atoms in total. The third-order valence-corrected chi connectivity index (χ3v) is 3.02. The molecule has 0 aliphatic carbocycles. The van der Waals surface area contributed by atoms with E-state index in [1.807, 2.05) is 6.92 Å². The molecule has 2 unspecified atom stereocenters. The first-order valence-electron chi connectivity index (χ1n) is 5.74. The first-order valence-corrected chi connectivity index (χ1v) is 5.74. The fourth-order valence-corrected chi connectivity index (χ4v) is 2.05. The van der Waals surface area contributed by atoms with Crippen molar-refractivity contribution < 1.29 is 14.6 Å². The summed E-state index contributed by atoms with van der Waals surface area (Å²) < 4.78 is 5.57. The van der Waals surface area contributed by atoms with Crippen LogP contribution in [0.4, 0.5) is 0 Å². The van der Waals surface area contributed by atoms with Crippen molar-refractivity contribution in [2.45, 2.75) is 45.3 Å². The summed E-state index contributed by atoms with van der Waals surface area (Å²) >= 11 is 0. The van der Waals surface area contributed by atoms with E-state index < -0.39 is 5.97 Å². The van der Waals surface area contributed by atoms with Gasteiger partial charge in [-0.05, 0) is 12.8 Å². The van der Waals surface area contributed by atoms with Crippen LogP contribution in [0.3, 0.4) is 0 Å². The Hall–Kier alpha value is -0.610. The smallest absolute Gasteiger partial charge is 0.304 e. The molecule has 0 aromatic heterocycles. The number of nitrogens with zero attached hydrogens (tertiary/aromatic N) is 1. The molecule has 0 aromatic carbocycles. The van der Waals surface area contributed by atoms with Gasteiger partial charge in [0.2, 0.25) is 0 Å². The van der Waals surface area contributed by atoms with Gasteiger partial charge in [0.05, 0.1) is 19.1 Å². The Morgan fingerprint density at radius 2 is 2.33 bits per heavy atom. The second kappa shape index (κ2) is 6.08. The molecule has 0 saturated carbocycles. The monoisotopic (exact) mass is 215 g/mol. The van der Waals surface area contributed by atoms with Gasteiger partial charge in [-0.2, -0.15) is 0 Å². The molecule has 0 radical (unpaired) electrons. The molecule has 0 spiro atoms. The van der Waals surface area contributed by atoms with Gasteiger partial charge in [-0.1, -0.05) is 13.8 Å². The van der Waals surface area contributed by atoms with E-state index in [1.54, 1.807) is 0 Å². The summed E-state index contributed by atoms with van der Waals surface area (Å²) in [6.45, 7) is 6.62. The molecule has 1 saturated heterocycles. The SMILES string of the molecule is CCC1CN(C(CC)CC(=O)O)CCO1. The summed E-state index contributed by atoms with van der Waals surface area (Å²) in [5.41, 5.74) is 0. The lowest BCUT2D eigenvalue weighted by Crippen LogP contribution is -2.48. The van der Waals surface area contributed by atoms with Crippen LogP contribution >= 0.6 is 0 Å². The Bertz CT molecular complexity index is 208. The normalized spacial score (nSPS) is 25.1. The van der Waals surface area contributed by atoms with Crippen molar-refractivity contribution in [2.24, 2.45) is 0 Å². The third-order valence-electron chi connectivity index (χ3n) is 3.02. The highest BCUT2D eigenvalue weighted by molar-refractivity contribution is 5.67. The van der Waals surface area contributed by atoms with Crippen LogP contribution in [0, 0.1) is 0 Å². The molecule has 88 valence electrons. The zero-order valence-corrected chi connectivity index (χ0v) is 9.61. The number of carboxylic acid groups (broad SMARTS) is 1. The van der Waals surface area contributed by atoms with Gasteiger partial charge in [0.1, 0.15) is 0 Å². The Morgan fingerprint density at radius 1 is 1.60 bits per heavy atom. The molecule has 1 heterocycles. The van der Waals surface area contributed by atoms with Crippen LogP contribution in [0.5, 0.6) is 0 Å². The standard InChI is InChI=1S/C11H21NO3/c1-3-9(7-11(13)14)12-5-6-15-10(4-2)8-12/h9-10H,3-8H2,1-2H3,(H,13,14). The Morgan fingerprint density at radius 3 is 2.87 bits per heavy atom. The van der Waals surface area contributed by atoms with E-state index in [1.165, 1.54) is 0 Å². The summed E-state index contributed by atoms with van der Waals surface area (Å²) in [5, 5.41) is 8.81. The average molecular weight is 215 g/mol. The number of morpholine rings is 1. The minimum absolute atomic E-state index is 0.167. The molecule has 2 atom stereocenters.